The molecular formula is C19H19N3O2S. The van der Waals surface area contributed by atoms with Gasteiger partial charge in [0, 0.05) is 20.5 Å². The van der Waals surface area contributed by atoms with Crippen molar-refractivity contribution in [3.63, 3.8) is 0 Å². The molecule has 0 aliphatic carbocycles. The number of benzene rings is 1. The summed E-state index contributed by atoms with van der Waals surface area (Å²) in [7, 11) is 3.66. The third-order valence-corrected chi connectivity index (χ3v) is 5.30. The van der Waals surface area contributed by atoms with Gasteiger partial charge in [-0.2, -0.15) is 5.10 Å². The molecule has 1 amide bonds. The lowest BCUT2D eigenvalue weighted by atomic mass is 10.1. The molecule has 3 heterocycles. The first-order chi connectivity index (χ1) is 12.1. The SMILES string of the molecule is CN(C[C@H]1Cc2ccccc2O1)C(=O)c1cc(-c2cccs2)n(C)n1. The van der Waals surface area contributed by atoms with Crippen LogP contribution in [-0.2, 0) is 13.5 Å². The number of hydrogen-bond acceptors (Lipinski definition) is 4. The van der Waals surface area contributed by atoms with E-state index in [4.69, 9.17) is 4.74 Å². The number of ether oxygens (including phenoxy) is 1. The number of fused-ring (bicyclic) bond motifs is 1. The van der Waals surface area contributed by atoms with Gasteiger partial charge in [0.2, 0.25) is 0 Å². The predicted octanol–water partition coefficient (Wildman–Crippen LogP) is 3.22. The van der Waals surface area contributed by atoms with Gasteiger partial charge in [-0.05, 0) is 29.1 Å². The molecule has 0 saturated carbocycles. The van der Waals surface area contributed by atoms with Crippen molar-refractivity contribution >= 4 is 17.2 Å². The molecule has 0 radical (unpaired) electrons. The summed E-state index contributed by atoms with van der Waals surface area (Å²) in [5.41, 5.74) is 2.62. The Morgan fingerprint density at radius 1 is 1.36 bits per heavy atom. The van der Waals surface area contributed by atoms with Crippen molar-refractivity contribution < 1.29 is 9.53 Å². The summed E-state index contributed by atoms with van der Waals surface area (Å²) < 4.78 is 7.69. The molecule has 0 bridgehead atoms. The Kier molecular flexibility index (Phi) is 4.05. The Morgan fingerprint density at radius 3 is 2.96 bits per heavy atom. The van der Waals surface area contributed by atoms with E-state index in [2.05, 4.69) is 11.2 Å². The molecule has 5 nitrogen and oxygen atoms in total. The molecule has 128 valence electrons. The van der Waals surface area contributed by atoms with Crippen molar-refractivity contribution in [2.24, 2.45) is 7.05 Å². The van der Waals surface area contributed by atoms with Crippen LogP contribution in [-0.4, -0.2) is 40.3 Å². The van der Waals surface area contributed by atoms with Crippen LogP contribution in [0.3, 0.4) is 0 Å². The summed E-state index contributed by atoms with van der Waals surface area (Å²) in [6, 6.07) is 13.9. The summed E-state index contributed by atoms with van der Waals surface area (Å²) in [5.74, 6) is 0.837. The maximum Gasteiger partial charge on any atom is 0.274 e. The van der Waals surface area contributed by atoms with Crippen molar-refractivity contribution in [2.45, 2.75) is 12.5 Å². The van der Waals surface area contributed by atoms with E-state index < -0.39 is 0 Å². The van der Waals surface area contributed by atoms with Crippen LogP contribution in [0.15, 0.2) is 47.8 Å². The molecule has 2 aromatic heterocycles. The monoisotopic (exact) mass is 353 g/mol. The standard InChI is InChI=1S/C19H19N3O2S/c1-21(12-14-10-13-6-3-4-7-17(13)24-14)19(23)15-11-16(22(2)20-15)18-8-5-9-25-18/h3-9,11,14H,10,12H2,1-2H3/t14-/m1/s1. The van der Waals surface area contributed by atoms with Crippen molar-refractivity contribution in [1.82, 2.24) is 14.7 Å². The number of amides is 1. The van der Waals surface area contributed by atoms with Crippen molar-refractivity contribution in [3.05, 3.63) is 59.1 Å². The highest BCUT2D eigenvalue weighted by atomic mass is 32.1. The van der Waals surface area contributed by atoms with Crippen LogP contribution in [0.4, 0.5) is 0 Å². The van der Waals surface area contributed by atoms with Gasteiger partial charge in [-0.15, -0.1) is 11.3 Å². The fourth-order valence-electron chi connectivity index (χ4n) is 3.17. The topological polar surface area (TPSA) is 47.4 Å². The fraction of sp³-hybridized carbons (Fsp3) is 0.263. The van der Waals surface area contributed by atoms with E-state index in [1.807, 2.05) is 48.8 Å². The molecule has 0 fully saturated rings. The van der Waals surface area contributed by atoms with E-state index in [1.165, 1.54) is 5.56 Å². The van der Waals surface area contributed by atoms with Crippen LogP contribution in [0.5, 0.6) is 5.75 Å². The zero-order valence-corrected chi connectivity index (χ0v) is 15.0. The summed E-state index contributed by atoms with van der Waals surface area (Å²) >= 11 is 1.64. The van der Waals surface area contributed by atoms with Gasteiger partial charge in [0.05, 0.1) is 17.1 Å². The first kappa shape index (κ1) is 15.9. The second-order valence-electron chi connectivity index (χ2n) is 6.25. The van der Waals surface area contributed by atoms with Gasteiger partial charge < -0.3 is 9.64 Å². The molecule has 3 aromatic rings. The van der Waals surface area contributed by atoms with E-state index in [0.29, 0.717) is 12.2 Å². The number of thiophene rings is 1. The Morgan fingerprint density at radius 2 is 2.20 bits per heavy atom. The Labute approximate surface area is 150 Å². The molecule has 6 heteroatoms. The van der Waals surface area contributed by atoms with Gasteiger partial charge in [0.15, 0.2) is 5.69 Å². The minimum absolute atomic E-state index is 0.00757. The number of aryl methyl sites for hydroxylation is 1. The first-order valence-corrected chi connectivity index (χ1v) is 9.07. The molecule has 0 saturated heterocycles. The predicted molar refractivity (Wildman–Crippen MR) is 98.0 cm³/mol. The van der Waals surface area contributed by atoms with Crippen molar-refractivity contribution in [1.29, 1.82) is 0 Å². The van der Waals surface area contributed by atoms with Gasteiger partial charge in [-0.1, -0.05) is 24.3 Å². The van der Waals surface area contributed by atoms with Crippen LogP contribution < -0.4 is 4.74 Å². The zero-order valence-electron chi connectivity index (χ0n) is 14.2. The van der Waals surface area contributed by atoms with Crippen LogP contribution in [0.2, 0.25) is 0 Å². The number of hydrogen-bond donors (Lipinski definition) is 0. The van der Waals surface area contributed by atoms with E-state index in [0.717, 1.165) is 22.7 Å². The minimum atomic E-state index is -0.0852. The summed E-state index contributed by atoms with van der Waals surface area (Å²) in [6.07, 6.45) is 0.822. The first-order valence-electron chi connectivity index (χ1n) is 8.20. The van der Waals surface area contributed by atoms with E-state index >= 15 is 0 Å². The maximum absolute atomic E-state index is 12.7. The summed E-state index contributed by atoms with van der Waals surface area (Å²) in [4.78, 5) is 15.5. The Balaban J connectivity index is 1.46. The van der Waals surface area contributed by atoms with Crippen LogP contribution in [0.1, 0.15) is 16.1 Å². The lowest BCUT2D eigenvalue weighted by Gasteiger charge is -2.20. The van der Waals surface area contributed by atoms with E-state index in [9.17, 15) is 4.79 Å². The minimum Gasteiger partial charge on any atom is -0.488 e. The molecule has 4 rings (SSSR count). The van der Waals surface area contributed by atoms with Crippen LogP contribution in [0.25, 0.3) is 10.6 Å². The fourth-order valence-corrected chi connectivity index (χ4v) is 3.94. The number of para-hydroxylation sites is 1. The van der Waals surface area contributed by atoms with Crippen LogP contribution in [0, 0.1) is 0 Å². The average Bonchev–Trinajstić information content (AvgIpc) is 3.32. The number of nitrogens with zero attached hydrogens (tertiary/aromatic N) is 3. The Hall–Kier alpha value is -2.60. The summed E-state index contributed by atoms with van der Waals surface area (Å²) in [6.45, 7) is 0.540. The second-order valence-corrected chi connectivity index (χ2v) is 7.20. The lowest BCUT2D eigenvalue weighted by molar-refractivity contribution is 0.0724. The molecule has 25 heavy (non-hydrogen) atoms. The zero-order chi connectivity index (χ0) is 17.4. The van der Waals surface area contributed by atoms with Crippen molar-refractivity contribution in [3.8, 4) is 16.3 Å². The quantitative estimate of drug-likeness (QED) is 0.723. The number of aromatic nitrogens is 2. The molecule has 1 aliphatic heterocycles. The summed E-state index contributed by atoms with van der Waals surface area (Å²) in [5, 5.41) is 6.41. The molecule has 1 aromatic carbocycles. The van der Waals surface area contributed by atoms with E-state index in [-0.39, 0.29) is 12.0 Å². The van der Waals surface area contributed by atoms with Gasteiger partial charge in [-0.25, -0.2) is 0 Å². The molecule has 0 unspecified atom stereocenters. The van der Waals surface area contributed by atoms with E-state index in [1.54, 1.807) is 28.0 Å². The highest BCUT2D eigenvalue weighted by Crippen LogP contribution is 2.29. The highest BCUT2D eigenvalue weighted by molar-refractivity contribution is 7.13. The number of carbonyl (C=O) groups is 1. The molecule has 1 atom stereocenters. The maximum atomic E-state index is 12.7. The molecule has 0 spiro atoms. The molecule has 0 N–H and O–H groups in total. The highest BCUT2D eigenvalue weighted by Gasteiger charge is 2.26. The Bertz CT molecular complexity index is 876. The lowest BCUT2D eigenvalue weighted by Crippen LogP contribution is -2.36. The van der Waals surface area contributed by atoms with Crippen molar-refractivity contribution in [2.75, 3.05) is 13.6 Å². The molecule has 1 aliphatic rings. The third kappa shape index (κ3) is 3.05. The van der Waals surface area contributed by atoms with Gasteiger partial charge in [0.25, 0.3) is 5.91 Å². The normalized spacial score (nSPS) is 15.7. The largest absolute Gasteiger partial charge is 0.488 e. The second kappa shape index (κ2) is 6.37. The number of rotatable bonds is 4. The van der Waals surface area contributed by atoms with Gasteiger partial charge in [0.1, 0.15) is 11.9 Å². The van der Waals surface area contributed by atoms with Crippen LogP contribution >= 0.6 is 11.3 Å². The number of likely N-dealkylation sites (N-methyl/N-ethyl adjacent to an activating group) is 1. The molecular weight excluding hydrogens is 334 g/mol. The average molecular weight is 353 g/mol. The number of carbonyl (C=O) groups excluding carboxylic acids is 1. The third-order valence-electron chi connectivity index (χ3n) is 4.41. The van der Waals surface area contributed by atoms with Gasteiger partial charge in [-0.3, -0.25) is 9.48 Å². The van der Waals surface area contributed by atoms with Gasteiger partial charge >= 0.3 is 0 Å². The smallest absolute Gasteiger partial charge is 0.274 e.